The summed E-state index contributed by atoms with van der Waals surface area (Å²) < 4.78 is 0. The van der Waals surface area contributed by atoms with E-state index in [2.05, 4.69) is 25.4 Å². The molecular formula is C18H29N. The summed E-state index contributed by atoms with van der Waals surface area (Å²) in [6.45, 7) is 14.0. The van der Waals surface area contributed by atoms with E-state index in [1.54, 1.807) is 0 Å². The zero-order chi connectivity index (χ0) is 14.9. The summed E-state index contributed by atoms with van der Waals surface area (Å²) in [5.41, 5.74) is 2.33. The van der Waals surface area contributed by atoms with Crippen LogP contribution in [0.25, 0.3) is 0 Å². The molecule has 0 unspecified atom stereocenters. The van der Waals surface area contributed by atoms with Gasteiger partial charge in [-0.05, 0) is 31.9 Å². The summed E-state index contributed by atoms with van der Waals surface area (Å²) in [6.07, 6.45) is 11.9. The second kappa shape index (κ2) is 16.4. The first-order valence-electron chi connectivity index (χ1n) is 7.11. The molecule has 1 heterocycles. The van der Waals surface area contributed by atoms with Crippen molar-refractivity contribution < 1.29 is 0 Å². The lowest BCUT2D eigenvalue weighted by Gasteiger charge is -1.88. The number of pyridine rings is 1. The molecule has 1 heteroatoms. The highest BCUT2D eigenvalue weighted by Gasteiger charge is 1.81. The van der Waals surface area contributed by atoms with Crippen LogP contribution in [-0.4, -0.2) is 4.98 Å². The molecule has 0 aliphatic heterocycles. The van der Waals surface area contributed by atoms with Gasteiger partial charge in [-0.1, -0.05) is 70.2 Å². The Morgan fingerprint density at radius 2 is 1.89 bits per heavy atom. The number of hydrogen-bond acceptors (Lipinski definition) is 1. The minimum absolute atomic E-state index is 1.03. The molecule has 0 saturated carbocycles. The van der Waals surface area contributed by atoms with Gasteiger partial charge in [-0.3, -0.25) is 4.98 Å². The Labute approximate surface area is 119 Å². The number of hydrogen-bond donors (Lipinski definition) is 0. The fourth-order valence-electron chi connectivity index (χ4n) is 1.03. The third-order valence-electron chi connectivity index (χ3n) is 2.18. The molecule has 0 spiro atoms. The molecule has 0 atom stereocenters. The molecule has 0 saturated heterocycles. The Morgan fingerprint density at radius 1 is 1.21 bits per heavy atom. The molecule has 1 aromatic heterocycles. The lowest BCUT2D eigenvalue weighted by atomic mass is 10.2. The van der Waals surface area contributed by atoms with E-state index < -0.39 is 0 Å². The summed E-state index contributed by atoms with van der Waals surface area (Å²) in [4.78, 5) is 4.10. The van der Waals surface area contributed by atoms with Crippen molar-refractivity contribution in [3.8, 4) is 0 Å². The highest BCUT2D eigenvalue weighted by atomic mass is 14.6. The molecule has 1 nitrogen and oxygen atoms in total. The largest absolute Gasteiger partial charge is 0.261 e. The number of aryl methyl sites for hydroxylation is 1. The first-order valence-corrected chi connectivity index (χ1v) is 7.11. The lowest BCUT2D eigenvalue weighted by Crippen LogP contribution is -1.81. The van der Waals surface area contributed by atoms with Crippen LogP contribution >= 0.6 is 0 Å². The molecule has 19 heavy (non-hydrogen) atoms. The first kappa shape index (κ1) is 19.7. The van der Waals surface area contributed by atoms with Crippen LogP contribution in [0.5, 0.6) is 0 Å². The third-order valence-corrected chi connectivity index (χ3v) is 2.18. The highest BCUT2D eigenvalue weighted by molar-refractivity contribution is 5.18. The van der Waals surface area contributed by atoms with E-state index in [1.807, 2.05) is 69.5 Å². The van der Waals surface area contributed by atoms with Crippen molar-refractivity contribution in [2.24, 2.45) is 0 Å². The van der Waals surface area contributed by atoms with Gasteiger partial charge in [0.05, 0.1) is 0 Å². The van der Waals surface area contributed by atoms with Crippen molar-refractivity contribution in [2.75, 3.05) is 0 Å². The molecule has 0 radical (unpaired) electrons. The zero-order valence-corrected chi connectivity index (χ0v) is 13.2. The monoisotopic (exact) mass is 259 g/mol. The van der Waals surface area contributed by atoms with Crippen LogP contribution in [-0.2, 0) is 6.42 Å². The highest BCUT2D eigenvalue weighted by Crippen LogP contribution is 1.97. The van der Waals surface area contributed by atoms with Crippen molar-refractivity contribution >= 4 is 0 Å². The second-order valence-electron chi connectivity index (χ2n) is 3.57. The molecule has 106 valence electrons. The van der Waals surface area contributed by atoms with E-state index in [9.17, 15) is 0 Å². The maximum Gasteiger partial charge on any atom is 0.0400 e. The van der Waals surface area contributed by atoms with Gasteiger partial charge in [0, 0.05) is 11.9 Å². The average molecular weight is 259 g/mol. The van der Waals surface area contributed by atoms with Gasteiger partial charge in [0.25, 0.3) is 0 Å². The molecule has 0 amide bonds. The fourth-order valence-corrected chi connectivity index (χ4v) is 1.03. The fraction of sp³-hybridized carbons (Fsp3) is 0.389. The molecule has 0 aromatic carbocycles. The number of aromatic nitrogens is 1. The number of nitrogens with zero attached hydrogens (tertiary/aromatic N) is 1. The Bertz CT molecular complexity index is 347. The van der Waals surface area contributed by atoms with Crippen molar-refractivity contribution in [3.05, 3.63) is 66.5 Å². The first-order chi connectivity index (χ1) is 9.24. The summed E-state index contributed by atoms with van der Waals surface area (Å²) >= 11 is 0. The van der Waals surface area contributed by atoms with Crippen LogP contribution in [0, 0.1) is 0 Å². The van der Waals surface area contributed by atoms with Gasteiger partial charge in [0.1, 0.15) is 0 Å². The Morgan fingerprint density at radius 3 is 2.26 bits per heavy atom. The molecule has 0 bridgehead atoms. The van der Waals surface area contributed by atoms with Crippen LogP contribution in [0.1, 0.15) is 46.7 Å². The van der Waals surface area contributed by atoms with Gasteiger partial charge in [-0.25, -0.2) is 0 Å². The summed E-state index contributed by atoms with van der Waals surface area (Å²) in [5, 5.41) is 0. The topological polar surface area (TPSA) is 12.9 Å². The maximum atomic E-state index is 4.10. The van der Waals surface area contributed by atoms with Gasteiger partial charge >= 0.3 is 0 Å². The molecule has 0 fully saturated rings. The van der Waals surface area contributed by atoms with Crippen LogP contribution in [0.15, 0.2) is 60.9 Å². The average Bonchev–Trinajstić information content (AvgIpc) is 2.51. The Balaban J connectivity index is 0. The van der Waals surface area contributed by atoms with E-state index in [0.717, 1.165) is 18.5 Å². The SMILES string of the molecule is C=C(/C=C\C=C/C)CC.CC.CCc1ccccn1. The molecule has 0 N–H and O–H groups in total. The van der Waals surface area contributed by atoms with E-state index in [0.29, 0.717) is 0 Å². The number of allylic oxidation sites excluding steroid dienone is 5. The second-order valence-corrected chi connectivity index (χ2v) is 3.57. The van der Waals surface area contributed by atoms with Crippen molar-refractivity contribution in [3.63, 3.8) is 0 Å². The van der Waals surface area contributed by atoms with E-state index >= 15 is 0 Å². The molecule has 1 rings (SSSR count). The van der Waals surface area contributed by atoms with E-state index in [4.69, 9.17) is 0 Å². The summed E-state index contributed by atoms with van der Waals surface area (Å²) in [6, 6.07) is 5.96. The molecule has 1 aromatic rings. The zero-order valence-electron chi connectivity index (χ0n) is 13.2. The van der Waals surface area contributed by atoms with Crippen molar-refractivity contribution in [2.45, 2.75) is 47.5 Å². The predicted octanol–water partition coefficient (Wildman–Crippen LogP) is 5.76. The summed E-state index contributed by atoms with van der Waals surface area (Å²) in [7, 11) is 0. The van der Waals surface area contributed by atoms with Crippen LogP contribution in [0.3, 0.4) is 0 Å². The van der Waals surface area contributed by atoms with E-state index in [-0.39, 0.29) is 0 Å². The molecule has 0 aliphatic rings. The third kappa shape index (κ3) is 14.3. The normalized spacial score (nSPS) is 9.53. The predicted molar refractivity (Wildman–Crippen MR) is 88.3 cm³/mol. The van der Waals surface area contributed by atoms with Gasteiger partial charge in [-0.2, -0.15) is 0 Å². The standard InChI is InChI=1S/C9H14.C7H9N.C2H6/c1-4-6-7-8-9(3)5-2;1-2-7-5-3-4-6-8-7;1-2/h4,6-8H,3,5H2,1-2H3;3-6H,2H2,1H3;1-2H3/b6-4-,8-7-;;. The number of rotatable bonds is 4. The van der Waals surface area contributed by atoms with Gasteiger partial charge in [0.2, 0.25) is 0 Å². The van der Waals surface area contributed by atoms with Crippen LogP contribution in [0.4, 0.5) is 0 Å². The maximum absolute atomic E-state index is 4.10. The molecular weight excluding hydrogens is 230 g/mol. The smallest absolute Gasteiger partial charge is 0.0400 e. The van der Waals surface area contributed by atoms with Crippen molar-refractivity contribution in [1.29, 1.82) is 0 Å². The van der Waals surface area contributed by atoms with Crippen LogP contribution in [0.2, 0.25) is 0 Å². The Hall–Kier alpha value is -1.63. The van der Waals surface area contributed by atoms with Gasteiger partial charge in [0.15, 0.2) is 0 Å². The van der Waals surface area contributed by atoms with Gasteiger partial charge in [-0.15, -0.1) is 0 Å². The molecule has 0 aliphatic carbocycles. The van der Waals surface area contributed by atoms with Crippen molar-refractivity contribution in [1.82, 2.24) is 4.98 Å². The summed E-state index contributed by atoms with van der Waals surface area (Å²) in [5.74, 6) is 0. The minimum atomic E-state index is 1.03. The van der Waals surface area contributed by atoms with Crippen LogP contribution < -0.4 is 0 Å². The lowest BCUT2D eigenvalue weighted by molar-refractivity contribution is 1.04. The van der Waals surface area contributed by atoms with Gasteiger partial charge < -0.3 is 0 Å². The minimum Gasteiger partial charge on any atom is -0.261 e. The quantitative estimate of drug-likeness (QED) is 0.627. The van der Waals surface area contributed by atoms with E-state index in [1.165, 1.54) is 5.57 Å². The Kier molecular flexibility index (Phi) is 17.0.